The number of benzene rings is 2. The molecule has 0 bridgehead atoms. The largest absolute Gasteiger partial charge is 0.496 e. The van der Waals surface area contributed by atoms with Crippen LogP contribution < -0.4 is 9.54 Å². The average Bonchev–Trinajstić information content (AvgIpc) is 2.83. The summed E-state index contributed by atoms with van der Waals surface area (Å²) in [5, 5.41) is 0.693. The molecular formula is C19H19ClN2O2S. The molecule has 0 spiro atoms. The van der Waals surface area contributed by atoms with Crippen LogP contribution in [0, 0.1) is 13.8 Å². The van der Waals surface area contributed by atoms with Crippen LogP contribution in [0.2, 0.25) is 5.02 Å². The zero-order valence-electron chi connectivity index (χ0n) is 14.6. The van der Waals surface area contributed by atoms with Crippen molar-refractivity contribution in [1.82, 2.24) is 4.57 Å². The molecule has 0 saturated carbocycles. The van der Waals surface area contributed by atoms with E-state index in [-0.39, 0.29) is 12.3 Å². The van der Waals surface area contributed by atoms with Crippen LogP contribution in [0.25, 0.3) is 10.2 Å². The Kier molecular flexibility index (Phi) is 4.97. The highest BCUT2D eigenvalue weighted by molar-refractivity contribution is 7.16. The Morgan fingerprint density at radius 3 is 2.68 bits per heavy atom. The van der Waals surface area contributed by atoms with Crippen molar-refractivity contribution in [2.45, 2.75) is 20.3 Å². The first kappa shape index (κ1) is 17.7. The average molecular weight is 375 g/mol. The number of fused-ring (bicyclic) bond motifs is 1. The first-order valence-corrected chi connectivity index (χ1v) is 9.05. The molecule has 0 aliphatic heterocycles. The van der Waals surface area contributed by atoms with E-state index in [4.69, 9.17) is 16.3 Å². The van der Waals surface area contributed by atoms with Crippen LogP contribution in [0.15, 0.2) is 35.3 Å². The molecule has 25 heavy (non-hydrogen) atoms. The Labute approximate surface area is 155 Å². The molecule has 0 aliphatic rings. The van der Waals surface area contributed by atoms with Crippen molar-refractivity contribution < 1.29 is 9.53 Å². The molecule has 4 nitrogen and oxygen atoms in total. The Morgan fingerprint density at radius 1 is 1.24 bits per heavy atom. The van der Waals surface area contributed by atoms with Crippen LogP contribution in [-0.4, -0.2) is 17.6 Å². The van der Waals surface area contributed by atoms with Crippen molar-refractivity contribution in [3.63, 3.8) is 0 Å². The molecule has 3 rings (SSSR count). The summed E-state index contributed by atoms with van der Waals surface area (Å²) in [6, 6.07) is 9.56. The lowest BCUT2D eigenvalue weighted by Gasteiger charge is -2.05. The predicted octanol–water partition coefficient (Wildman–Crippen LogP) is 4.19. The number of ether oxygens (including phenoxy) is 1. The van der Waals surface area contributed by atoms with Crippen LogP contribution >= 0.6 is 22.9 Å². The number of rotatable bonds is 3. The number of methoxy groups -OCH3 is 1. The van der Waals surface area contributed by atoms with Gasteiger partial charge in [0.15, 0.2) is 4.80 Å². The van der Waals surface area contributed by atoms with Crippen molar-refractivity contribution >= 4 is 39.1 Å². The summed E-state index contributed by atoms with van der Waals surface area (Å²) >= 11 is 7.60. The summed E-state index contributed by atoms with van der Waals surface area (Å²) < 4.78 is 8.22. The fraction of sp³-hybridized carbons (Fsp3) is 0.263. The molecule has 0 N–H and O–H groups in total. The number of carbonyl (C=O) groups excluding carboxylic acids is 1. The molecule has 130 valence electrons. The van der Waals surface area contributed by atoms with Gasteiger partial charge in [0.05, 0.1) is 23.7 Å². The maximum atomic E-state index is 12.4. The zero-order chi connectivity index (χ0) is 18.1. The van der Waals surface area contributed by atoms with Gasteiger partial charge in [-0.15, -0.1) is 0 Å². The Morgan fingerprint density at radius 2 is 2.00 bits per heavy atom. The van der Waals surface area contributed by atoms with Gasteiger partial charge in [0, 0.05) is 12.1 Å². The summed E-state index contributed by atoms with van der Waals surface area (Å²) in [6.45, 7) is 3.97. The minimum Gasteiger partial charge on any atom is -0.496 e. The maximum Gasteiger partial charge on any atom is 0.252 e. The molecule has 0 unspecified atom stereocenters. The van der Waals surface area contributed by atoms with Gasteiger partial charge >= 0.3 is 0 Å². The van der Waals surface area contributed by atoms with Crippen LogP contribution in [-0.2, 0) is 18.3 Å². The molecule has 0 atom stereocenters. The molecule has 2 aromatic carbocycles. The molecule has 6 heteroatoms. The first-order chi connectivity index (χ1) is 11.9. The van der Waals surface area contributed by atoms with E-state index in [0.717, 1.165) is 32.7 Å². The van der Waals surface area contributed by atoms with Crippen molar-refractivity contribution in [2.75, 3.05) is 7.11 Å². The van der Waals surface area contributed by atoms with Crippen molar-refractivity contribution in [1.29, 1.82) is 0 Å². The fourth-order valence-electron chi connectivity index (χ4n) is 2.94. The third kappa shape index (κ3) is 3.62. The highest BCUT2D eigenvalue weighted by Gasteiger charge is 2.10. The van der Waals surface area contributed by atoms with E-state index in [2.05, 4.69) is 4.99 Å². The lowest BCUT2D eigenvalue weighted by atomic mass is 10.1. The summed E-state index contributed by atoms with van der Waals surface area (Å²) in [4.78, 5) is 17.4. The number of aromatic nitrogens is 1. The Balaban J connectivity index is 1.94. The molecule has 0 saturated heterocycles. The number of halogens is 1. The highest BCUT2D eigenvalue weighted by atomic mass is 35.5. The van der Waals surface area contributed by atoms with Crippen LogP contribution in [0.3, 0.4) is 0 Å². The number of carbonyl (C=O) groups is 1. The van der Waals surface area contributed by atoms with E-state index in [0.29, 0.717) is 9.82 Å². The van der Waals surface area contributed by atoms with Gasteiger partial charge in [0.1, 0.15) is 5.75 Å². The Hall–Kier alpha value is -2.11. The van der Waals surface area contributed by atoms with E-state index < -0.39 is 0 Å². The van der Waals surface area contributed by atoms with Crippen molar-refractivity contribution in [3.8, 4) is 5.75 Å². The molecule has 1 aromatic heterocycles. The number of hydrogen-bond donors (Lipinski definition) is 0. The third-order valence-electron chi connectivity index (χ3n) is 4.09. The monoisotopic (exact) mass is 374 g/mol. The molecule has 1 heterocycles. The van der Waals surface area contributed by atoms with E-state index in [1.807, 2.05) is 55.8 Å². The van der Waals surface area contributed by atoms with Crippen LogP contribution in [0.4, 0.5) is 0 Å². The highest BCUT2D eigenvalue weighted by Crippen LogP contribution is 2.25. The number of nitrogens with zero attached hydrogens (tertiary/aromatic N) is 2. The minimum absolute atomic E-state index is 0.171. The lowest BCUT2D eigenvalue weighted by molar-refractivity contribution is -0.117. The first-order valence-electron chi connectivity index (χ1n) is 7.86. The number of hydrogen-bond acceptors (Lipinski definition) is 3. The minimum atomic E-state index is -0.171. The van der Waals surface area contributed by atoms with Crippen LogP contribution in [0.1, 0.15) is 16.7 Å². The van der Waals surface area contributed by atoms with Gasteiger partial charge in [-0.2, -0.15) is 4.99 Å². The standard InChI is InChI=1S/C19H19ClN2O2S/c1-11-7-13(5-6-15(11)24-4)9-17(23)21-19-22(3)18-12(2)8-14(20)10-16(18)25-19/h5-8,10H,9H2,1-4H3. The van der Waals surface area contributed by atoms with E-state index in [1.165, 1.54) is 11.3 Å². The fourth-order valence-corrected chi connectivity index (χ4v) is 4.43. The molecule has 0 radical (unpaired) electrons. The topological polar surface area (TPSA) is 43.6 Å². The molecule has 0 aliphatic carbocycles. The normalized spacial score (nSPS) is 12.0. The quantitative estimate of drug-likeness (QED) is 0.690. The van der Waals surface area contributed by atoms with E-state index in [9.17, 15) is 4.79 Å². The zero-order valence-corrected chi connectivity index (χ0v) is 16.2. The van der Waals surface area contributed by atoms with Gasteiger partial charge in [0.25, 0.3) is 5.91 Å². The summed E-state index contributed by atoms with van der Waals surface area (Å²) in [5.74, 6) is 0.645. The number of aryl methyl sites for hydroxylation is 3. The van der Waals surface area contributed by atoms with E-state index >= 15 is 0 Å². The molecular weight excluding hydrogens is 356 g/mol. The van der Waals surface area contributed by atoms with Gasteiger partial charge in [-0.25, -0.2) is 0 Å². The van der Waals surface area contributed by atoms with Gasteiger partial charge in [-0.1, -0.05) is 35.1 Å². The van der Waals surface area contributed by atoms with Gasteiger partial charge in [-0.3, -0.25) is 4.79 Å². The van der Waals surface area contributed by atoms with Gasteiger partial charge < -0.3 is 9.30 Å². The van der Waals surface area contributed by atoms with Gasteiger partial charge in [-0.05, 0) is 48.7 Å². The second kappa shape index (κ2) is 7.02. The van der Waals surface area contributed by atoms with Crippen LogP contribution in [0.5, 0.6) is 5.75 Å². The van der Waals surface area contributed by atoms with Crippen molar-refractivity contribution in [2.24, 2.45) is 12.0 Å². The number of thiazole rings is 1. The van der Waals surface area contributed by atoms with Gasteiger partial charge in [0.2, 0.25) is 0 Å². The molecule has 3 aromatic rings. The maximum absolute atomic E-state index is 12.4. The second-order valence-electron chi connectivity index (χ2n) is 6.00. The smallest absolute Gasteiger partial charge is 0.252 e. The summed E-state index contributed by atoms with van der Waals surface area (Å²) in [6.07, 6.45) is 0.263. The van der Waals surface area contributed by atoms with Crippen molar-refractivity contribution in [3.05, 3.63) is 56.8 Å². The number of amides is 1. The molecule has 0 fully saturated rings. The second-order valence-corrected chi connectivity index (χ2v) is 7.44. The lowest BCUT2D eigenvalue weighted by Crippen LogP contribution is -2.14. The predicted molar refractivity (Wildman–Crippen MR) is 103 cm³/mol. The summed E-state index contributed by atoms with van der Waals surface area (Å²) in [5.41, 5.74) is 4.06. The third-order valence-corrected chi connectivity index (χ3v) is 5.39. The SMILES string of the molecule is COc1ccc(CC(=O)N=c2sc3cc(Cl)cc(C)c3n2C)cc1C. The molecule has 1 amide bonds. The van der Waals surface area contributed by atoms with E-state index in [1.54, 1.807) is 7.11 Å². The summed E-state index contributed by atoms with van der Waals surface area (Å²) in [7, 11) is 3.56. The Bertz CT molecular complexity index is 1030.